The molecule has 17 heavy (non-hydrogen) atoms. The number of pyridine rings is 1. The van der Waals surface area contributed by atoms with Gasteiger partial charge in [-0.2, -0.15) is 0 Å². The minimum absolute atomic E-state index is 0.0593. The molecule has 0 aromatic carbocycles. The zero-order valence-corrected chi connectivity index (χ0v) is 10.3. The van der Waals surface area contributed by atoms with Gasteiger partial charge in [-0.05, 0) is 25.0 Å². The molecule has 0 unspecified atom stereocenters. The first kappa shape index (κ1) is 11.9. The number of hydrogen-bond donors (Lipinski definition) is 1. The number of carbonyl (C=O) groups is 1. The highest BCUT2D eigenvalue weighted by Gasteiger charge is 2.18. The van der Waals surface area contributed by atoms with Gasteiger partial charge < -0.3 is 10.2 Å². The maximum Gasteiger partial charge on any atom is 0.272 e. The maximum absolute atomic E-state index is 12.3. The summed E-state index contributed by atoms with van der Waals surface area (Å²) in [5, 5.41) is 2.96. The van der Waals surface area contributed by atoms with Gasteiger partial charge in [-0.25, -0.2) is 4.98 Å². The number of aromatic nitrogens is 1. The Kier molecular flexibility index (Phi) is 3.96. The van der Waals surface area contributed by atoms with E-state index in [1.54, 1.807) is 6.07 Å². The highest BCUT2D eigenvalue weighted by atomic mass is 16.2. The first-order valence-electron chi connectivity index (χ1n) is 6.25. The van der Waals surface area contributed by atoms with E-state index in [2.05, 4.69) is 10.3 Å². The van der Waals surface area contributed by atoms with Crippen molar-refractivity contribution in [3.05, 3.63) is 23.9 Å². The third kappa shape index (κ3) is 2.96. The molecular formula is C13H19N3O. The molecule has 0 aliphatic carbocycles. The lowest BCUT2D eigenvalue weighted by Crippen LogP contribution is -2.32. The summed E-state index contributed by atoms with van der Waals surface area (Å²) in [6.07, 6.45) is 4.68. The number of likely N-dealkylation sites (tertiary alicyclic amines) is 1. The summed E-state index contributed by atoms with van der Waals surface area (Å²) in [4.78, 5) is 18.5. The van der Waals surface area contributed by atoms with E-state index >= 15 is 0 Å². The van der Waals surface area contributed by atoms with Crippen molar-refractivity contribution in [2.24, 2.45) is 0 Å². The van der Waals surface area contributed by atoms with E-state index in [0.717, 1.165) is 31.7 Å². The predicted molar refractivity (Wildman–Crippen MR) is 68.2 cm³/mol. The summed E-state index contributed by atoms with van der Waals surface area (Å²) in [5.74, 6) is 0.801. The van der Waals surface area contributed by atoms with Gasteiger partial charge in [0.15, 0.2) is 0 Å². The fourth-order valence-electron chi connectivity index (χ4n) is 2.13. The number of hydrogen-bond acceptors (Lipinski definition) is 3. The molecule has 0 saturated carbocycles. The van der Waals surface area contributed by atoms with Crippen LogP contribution in [0.4, 0.5) is 5.82 Å². The Labute approximate surface area is 102 Å². The van der Waals surface area contributed by atoms with Crippen LogP contribution < -0.4 is 5.32 Å². The first-order chi connectivity index (χ1) is 8.31. The molecule has 1 amide bonds. The topological polar surface area (TPSA) is 45.2 Å². The van der Waals surface area contributed by atoms with Gasteiger partial charge in [0.1, 0.15) is 11.5 Å². The van der Waals surface area contributed by atoms with Crippen molar-refractivity contribution in [1.82, 2.24) is 9.88 Å². The standard InChI is InChI=1S/C13H19N3O/c1-14-12-8-6-7-11(15-12)13(17)16-9-4-2-3-5-10-16/h6-8H,2-5,9-10H2,1H3,(H,14,15). The zero-order chi connectivity index (χ0) is 12.1. The third-order valence-corrected chi connectivity index (χ3v) is 3.12. The number of anilines is 1. The summed E-state index contributed by atoms with van der Waals surface area (Å²) in [5.41, 5.74) is 0.541. The van der Waals surface area contributed by atoms with E-state index in [4.69, 9.17) is 0 Å². The molecule has 92 valence electrons. The number of rotatable bonds is 2. The van der Waals surface area contributed by atoms with Crippen molar-refractivity contribution < 1.29 is 4.79 Å². The van der Waals surface area contributed by atoms with Gasteiger partial charge in [0.05, 0.1) is 0 Å². The quantitative estimate of drug-likeness (QED) is 0.851. The molecule has 1 aliphatic rings. The van der Waals surface area contributed by atoms with Crippen LogP contribution in [0.3, 0.4) is 0 Å². The van der Waals surface area contributed by atoms with Crippen molar-refractivity contribution >= 4 is 11.7 Å². The molecule has 1 aromatic heterocycles. The second kappa shape index (κ2) is 5.66. The van der Waals surface area contributed by atoms with E-state index < -0.39 is 0 Å². The molecular weight excluding hydrogens is 214 g/mol. The van der Waals surface area contributed by atoms with E-state index in [9.17, 15) is 4.79 Å². The highest BCUT2D eigenvalue weighted by molar-refractivity contribution is 5.92. The molecule has 0 radical (unpaired) electrons. The van der Waals surface area contributed by atoms with Crippen LogP contribution in [-0.4, -0.2) is 35.9 Å². The summed E-state index contributed by atoms with van der Waals surface area (Å²) in [7, 11) is 1.81. The van der Waals surface area contributed by atoms with Crippen molar-refractivity contribution in [3.8, 4) is 0 Å². The van der Waals surface area contributed by atoms with Gasteiger partial charge in [0.2, 0.25) is 0 Å². The maximum atomic E-state index is 12.3. The van der Waals surface area contributed by atoms with E-state index in [0.29, 0.717) is 5.69 Å². The molecule has 1 aliphatic heterocycles. The van der Waals surface area contributed by atoms with Gasteiger partial charge in [0, 0.05) is 20.1 Å². The minimum Gasteiger partial charge on any atom is -0.373 e. The Morgan fingerprint density at radius 1 is 1.24 bits per heavy atom. The van der Waals surface area contributed by atoms with E-state index in [-0.39, 0.29) is 5.91 Å². The average Bonchev–Trinajstić information content (AvgIpc) is 2.67. The van der Waals surface area contributed by atoms with Gasteiger partial charge in [-0.15, -0.1) is 0 Å². The lowest BCUT2D eigenvalue weighted by atomic mass is 10.2. The van der Waals surface area contributed by atoms with Crippen molar-refractivity contribution in [2.75, 3.05) is 25.5 Å². The average molecular weight is 233 g/mol. The Morgan fingerprint density at radius 3 is 2.59 bits per heavy atom. The Bertz CT molecular complexity index is 384. The third-order valence-electron chi connectivity index (χ3n) is 3.12. The van der Waals surface area contributed by atoms with E-state index in [1.807, 2.05) is 24.1 Å². The second-order valence-corrected chi connectivity index (χ2v) is 4.36. The molecule has 0 spiro atoms. The molecule has 0 bridgehead atoms. The van der Waals surface area contributed by atoms with Crippen LogP contribution in [-0.2, 0) is 0 Å². The van der Waals surface area contributed by atoms with Crippen molar-refractivity contribution in [3.63, 3.8) is 0 Å². The van der Waals surface area contributed by atoms with Crippen LogP contribution in [0.5, 0.6) is 0 Å². The van der Waals surface area contributed by atoms with Crippen LogP contribution in [0.1, 0.15) is 36.2 Å². The Balaban J connectivity index is 2.11. The summed E-state index contributed by atoms with van der Waals surface area (Å²) >= 11 is 0. The first-order valence-corrected chi connectivity index (χ1v) is 6.25. The van der Waals surface area contributed by atoms with Gasteiger partial charge in [-0.1, -0.05) is 18.9 Å². The zero-order valence-electron chi connectivity index (χ0n) is 10.3. The van der Waals surface area contributed by atoms with Crippen molar-refractivity contribution in [2.45, 2.75) is 25.7 Å². The van der Waals surface area contributed by atoms with Crippen LogP contribution in [0, 0.1) is 0 Å². The smallest absolute Gasteiger partial charge is 0.272 e. The monoisotopic (exact) mass is 233 g/mol. The second-order valence-electron chi connectivity index (χ2n) is 4.36. The molecule has 0 atom stereocenters. The minimum atomic E-state index is 0.0593. The number of carbonyl (C=O) groups excluding carboxylic acids is 1. The fourth-order valence-corrected chi connectivity index (χ4v) is 2.13. The Hall–Kier alpha value is -1.58. The van der Waals surface area contributed by atoms with Crippen LogP contribution in [0.25, 0.3) is 0 Å². The molecule has 4 nitrogen and oxygen atoms in total. The predicted octanol–water partition coefficient (Wildman–Crippen LogP) is 2.14. The molecule has 1 fully saturated rings. The Morgan fingerprint density at radius 2 is 1.94 bits per heavy atom. The lowest BCUT2D eigenvalue weighted by molar-refractivity contribution is 0.0756. The van der Waals surface area contributed by atoms with Gasteiger partial charge >= 0.3 is 0 Å². The molecule has 1 aromatic rings. The molecule has 4 heteroatoms. The molecule has 2 rings (SSSR count). The van der Waals surface area contributed by atoms with Crippen LogP contribution in [0.2, 0.25) is 0 Å². The normalized spacial score (nSPS) is 16.4. The summed E-state index contributed by atoms with van der Waals surface area (Å²) in [6, 6.07) is 5.51. The van der Waals surface area contributed by atoms with Crippen LogP contribution >= 0.6 is 0 Å². The SMILES string of the molecule is CNc1cccc(C(=O)N2CCCCCC2)n1. The summed E-state index contributed by atoms with van der Waals surface area (Å²) in [6.45, 7) is 1.73. The van der Waals surface area contributed by atoms with Crippen molar-refractivity contribution in [1.29, 1.82) is 0 Å². The highest BCUT2D eigenvalue weighted by Crippen LogP contribution is 2.13. The molecule has 1 N–H and O–H groups in total. The summed E-state index contributed by atoms with van der Waals surface area (Å²) < 4.78 is 0. The lowest BCUT2D eigenvalue weighted by Gasteiger charge is -2.19. The number of amides is 1. The van der Waals surface area contributed by atoms with Gasteiger partial charge in [-0.3, -0.25) is 4.79 Å². The number of nitrogens with one attached hydrogen (secondary N) is 1. The fraction of sp³-hybridized carbons (Fsp3) is 0.538. The van der Waals surface area contributed by atoms with Gasteiger partial charge in [0.25, 0.3) is 5.91 Å². The van der Waals surface area contributed by atoms with Crippen LogP contribution in [0.15, 0.2) is 18.2 Å². The largest absolute Gasteiger partial charge is 0.373 e. The number of nitrogens with zero attached hydrogens (tertiary/aromatic N) is 2. The molecule has 1 saturated heterocycles. The van der Waals surface area contributed by atoms with E-state index in [1.165, 1.54) is 12.8 Å². The molecule has 2 heterocycles.